The van der Waals surface area contributed by atoms with Crippen molar-refractivity contribution in [3.63, 3.8) is 0 Å². The van der Waals surface area contributed by atoms with E-state index in [2.05, 4.69) is 10.1 Å². The maximum atomic E-state index is 13.4. The molecule has 5 heterocycles. The van der Waals surface area contributed by atoms with Crippen molar-refractivity contribution >= 4 is 29.2 Å². The number of amides is 2. The number of ether oxygens (including phenoxy) is 2. The van der Waals surface area contributed by atoms with Crippen LogP contribution >= 0.6 is 0 Å². The zero-order chi connectivity index (χ0) is 27.2. The molecule has 1 atom stereocenters. The van der Waals surface area contributed by atoms with Crippen LogP contribution in [0.15, 0.2) is 35.4 Å². The molecule has 3 aromatic rings. The maximum absolute atomic E-state index is 13.4. The van der Waals surface area contributed by atoms with Crippen molar-refractivity contribution in [1.82, 2.24) is 29.0 Å². The Kier molecular flexibility index (Phi) is 6.49. The average molecular weight is 524 g/mol. The van der Waals surface area contributed by atoms with Crippen LogP contribution in [-0.2, 0) is 11.8 Å². The molecule has 0 spiro atoms. The largest absolute Gasteiger partial charge is 0.488 e. The van der Waals surface area contributed by atoms with Crippen LogP contribution in [0.1, 0.15) is 44.0 Å². The molecular formula is C26H33N7O5. The molecule has 0 aromatic carbocycles. The van der Waals surface area contributed by atoms with Crippen LogP contribution in [0, 0.1) is 0 Å². The zero-order valence-corrected chi connectivity index (χ0v) is 22.4. The SMILES string of the molecule is CN(C(=O)OC(C)(C)C)C1CCCN(C(=O)c2cnc3c(c2)OCCN3c2ccn3c(=O)n(C)nc3c2)C1. The maximum Gasteiger partial charge on any atom is 0.410 e. The molecule has 12 heteroatoms. The highest BCUT2D eigenvalue weighted by Crippen LogP contribution is 2.35. The van der Waals surface area contributed by atoms with Crippen LogP contribution in [0.4, 0.5) is 16.3 Å². The van der Waals surface area contributed by atoms with Crippen molar-refractivity contribution in [3.05, 3.63) is 46.6 Å². The second kappa shape index (κ2) is 9.66. The second-order valence-corrected chi connectivity index (χ2v) is 10.7. The van der Waals surface area contributed by atoms with Crippen LogP contribution in [0.25, 0.3) is 5.65 Å². The van der Waals surface area contributed by atoms with Gasteiger partial charge in [-0.05, 0) is 45.7 Å². The van der Waals surface area contributed by atoms with Crippen LogP contribution in [0.2, 0.25) is 0 Å². The zero-order valence-electron chi connectivity index (χ0n) is 22.4. The summed E-state index contributed by atoms with van der Waals surface area (Å²) in [5.74, 6) is 0.953. The third-order valence-electron chi connectivity index (χ3n) is 6.79. The van der Waals surface area contributed by atoms with E-state index >= 15 is 0 Å². The van der Waals surface area contributed by atoms with Crippen LogP contribution in [0.5, 0.6) is 5.75 Å². The van der Waals surface area contributed by atoms with Crippen molar-refractivity contribution in [3.8, 4) is 5.75 Å². The smallest absolute Gasteiger partial charge is 0.410 e. The molecule has 3 aromatic heterocycles. The minimum Gasteiger partial charge on any atom is -0.488 e. The monoisotopic (exact) mass is 523 g/mol. The summed E-state index contributed by atoms with van der Waals surface area (Å²) in [4.78, 5) is 48.0. The highest BCUT2D eigenvalue weighted by Gasteiger charge is 2.32. The Morgan fingerprint density at radius 1 is 1.21 bits per heavy atom. The summed E-state index contributed by atoms with van der Waals surface area (Å²) in [7, 11) is 3.33. The number of nitrogens with zero attached hydrogens (tertiary/aromatic N) is 7. The van der Waals surface area contributed by atoms with E-state index in [9.17, 15) is 14.4 Å². The number of carbonyl (C=O) groups is 2. The lowest BCUT2D eigenvalue weighted by Crippen LogP contribution is -2.51. The number of piperidine rings is 1. The third kappa shape index (κ3) is 4.90. The molecule has 1 unspecified atom stereocenters. The summed E-state index contributed by atoms with van der Waals surface area (Å²) in [6.07, 6.45) is 4.44. The Bertz CT molecular complexity index is 1440. The number of anilines is 2. The number of hydrogen-bond acceptors (Lipinski definition) is 8. The van der Waals surface area contributed by atoms with Gasteiger partial charge in [-0.15, -0.1) is 0 Å². The molecule has 38 heavy (non-hydrogen) atoms. The molecule has 202 valence electrons. The van der Waals surface area contributed by atoms with E-state index in [1.807, 2.05) is 37.8 Å². The molecule has 0 aliphatic carbocycles. The molecule has 0 bridgehead atoms. The Balaban J connectivity index is 1.33. The Morgan fingerprint density at radius 2 is 2.00 bits per heavy atom. The summed E-state index contributed by atoms with van der Waals surface area (Å²) in [6.45, 7) is 7.50. The Hall–Kier alpha value is -4.09. The number of hydrogen-bond donors (Lipinski definition) is 0. The van der Waals surface area contributed by atoms with E-state index in [0.717, 1.165) is 18.5 Å². The summed E-state index contributed by atoms with van der Waals surface area (Å²) in [5.41, 5.74) is 0.985. The molecule has 12 nitrogen and oxygen atoms in total. The van der Waals surface area contributed by atoms with Gasteiger partial charge < -0.3 is 24.2 Å². The summed E-state index contributed by atoms with van der Waals surface area (Å²) in [6, 6.07) is 5.25. The number of likely N-dealkylation sites (tertiary alicyclic amines) is 1. The molecule has 2 amide bonds. The first-order valence-corrected chi connectivity index (χ1v) is 12.7. The summed E-state index contributed by atoms with van der Waals surface area (Å²) in [5, 5.41) is 4.27. The van der Waals surface area contributed by atoms with Gasteiger partial charge >= 0.3 is 11.8 Å². The van der Waals surface area contributed by atoms with E-state index in [-0.39, 0.29) is 17.6 Å². The molecule has 0 radical (unpaired) electrons. The van der Waals surface area contributed by atoms with E-state index < -0.39 is 11.7 Å². The molecule has 2 aliphatic heterocycles. The highest BCUT2D eigenvalue weighted by molar-refractivity contribution is 5.95. The highest BCUT2D eigenvalue weighted by atomic mass is 16.6. The Labute approximate surface area is 220 Å². The van der Waals surface area contributed by atoms with Crippen LogP contribution < -0.4 is 15.3 Å². The first-order valence-electron chi connectivity index (χ1n) is 12.7. The van der Waals surface area contributed by atoms with E-state index in [0.29, 0.717) is 49.0 Å². The van der Waals surface area contributed by atoms with Gasteiger partial charge in [0.25, 0.3) is 5.91 Å². The van der Waals surface area contributed by atoms with Gasteiger partial charge in [0, 0.05) is 51.3 Å². The molecule has 5 rings (SSSR count). The van der Waals surface area contributed by atoms with Crippen molar-refractivity contribution in [1.29, 1.82) is 0 Å². The number of carbonyl (C=O) groups excluding carboxylic acids is 2. The number of rotatable bonds is 3. The standard InChI is InChI=1S/C26H33N7O5/c1-26(2,3)38-25(36)29(4)19-7-6-9-31(16-19)23(34)17-13-20-22(27-15-17)32(11-12-37-20)18-8-10-33-21(14-18)28-30(5)24(33)35/h8,10,13-15,19H,6-7,9,11-12,16H2,1-5H3. The lowest BCUT2D eigenvalue weighted by molar-refractivity contribution is 0.0131. The third-order valence-corrected chi connectivity index (χ3v) is 6.79. The topological polar surface area (TPSA) is 115 Å². The average Bonchev–Trinajstić information content (AvgIpc) is 3.18. The van der Waals surface area contributed by atoms with Gasteiger partial charge in [-0.1, -0.05) is 0 Å². The fraction of sp³-hybridized carbons (Fsp3) is 0.500. The van der Waals surface area contributed by atoms with Gasteiger partial charge in [0.15, 0.2) is 17.2 Å². The van der Waals surface area contributed by atoms with Gasteiger partial charge in [0.2, 0.25) is 0 Å². The minimum atomic E-state index is -0.584. The van der Waals surface area contributed by atoms with Gasteiger partial charge in [-0.2, -0.15) is 5.10 Å². The van der Waals surface area contributed by atoms with E-state index in [1.54, 1.807) is 42.4 Å². The molecular weight excluding hydrogens is 490 g/mol. The van der Waals surface area contributed by atoms with Gasteiger partial charge in [-0.3, -0.25) is 9.20 Å². The number of fused-ring (bicyclic) bond motifs is 2. The number of aromatic nitrogens is 4. The predicted octanol–water partition coefficient (Wildman–Crippen LogP) is 2.43. The summed E-state index contributed by atoms with van der Waals surface area (Å²) < 4.78 is 14.2. The molecule has 1 fully saturated rings. The van der Waals surface area contributed by atoms with Crippen molar-refractivity contribution in [2.75, 3.05) is 38.2 Å². The van der Waals surface area contributed by atoms with E-state index in [1.165, 1.54) is 9.08 Å². The Morgan fingerprint density at radius 3 is 2.76 bits per heavy atom. The fourth-order valence-electron chi connectivity index (χ4n) is 4.82. The lowest BCUT2D eigenvalue weighted by Gasteiger charge is -2.38. The van der Waals surface area contributed by atoms with Crippen molar-refractivity contribution < 1.29 is 19.1 Å². The quantitative estimate of drug-likeness (QED) is 0.514. The number of aryl methyl sites for hydroxylation is 1. The van der Waals surface area contributed by atoms with Crippen molar-refractivity contribution in [2.24, 2.45) is 7.05 Å². The van der Waals surface area contributed by atoms with Gasteiger partial charge in [0.05, 0.1) is 18.2 Å². The van der Waals surface area contributed by atoms with Crippen LogP contribution in [0.3, 0.4) is 0 Å². The molecule has 0 saturated carbocycles. The molecule has 2 aliphatic rings. The first kappa shape index (κ1) is 25.6. The van der Waals surface area contributed by atoms with Gasteiger partial charge in [0.1, 0.15) is 12.2 Å². The first-order chi connectivity index (χ1) is 18.0. The van der Waals surface area contributed by atoms with Crippen LogP contribution in [-0.4, -0.2) is 85.9 Å². The fourth-order valence-corrected chi connectivity index (χ4v) is 4.82. The molecule has 1 saturated heterocycles. The van der Waals surface area contributed by atoms with E-state index in [4.69, 9.17) is 9.47 Å². The number of likely N-dealkylation sites (N-methyl/N-ethyl adjacent to an activating group) is 1. The molecule has 0 N–H and O–H groups in total. The number of pyridine rings is 2. The predicted molar refractivity (Wildman–Crippen MR) is 140 cm³/mol. The van der Waals surface area contributed by atoms with Crippen molar-refractivity contribution in [2.45, 2.75) is 45.3 Å². The minimum absolute atomic E-state index is 0.131. The summed E-state index contributed by atoms with van der Waals surface area (Å²) >= 11 is 0. The lowest BCUT2D eigenvalue weighted by atomic mass is 10.0. The normalized spacial score (nSPS) is 17.7. The van der Waals surface area contributed by atoms with Gasteiger partial charge in [-0.25, -0.2) is 19.3 Å². The second-order valence-electron chi connectivity index (χ2n) is 10.7.